The van der Waals surface area contributed by atoms with E-state index in [-0.39, 0.29) is 17.3 Å². The van der Waals surface area contributed by atoms with Crippen molar-refractivity contribution in [3.8, 4) is 6.07 Å². The summed E-state index contributed by atoms with van der Waals surface area (Å²) in [7, 11) is -3.58. The number of rotatable bonds is 6. The Kier molecular flexibility index (Phi) is 6.55. The highest BCUT2D eigenvalue weighted by Crippen LogP contribution is 2.21. The second-order valence-corrected chi connectivity index (χ2v) is 10.5. The monoisotopic (exact) mass is 364 g/mol. The maximum absolute atomic E-state index is 12.7. The highest BCUT2D eigenvalue weighted by Gasteiger charge is 2.35. The summed E-state index contributed by atoms with van der Waals surface area (Å²) in [5, 5.41) is 12.3. The Morgan fingerprint density at radius 2 is 1.72 bits per heavy atom. The van der Waals surface area contributed by atoms with E-state index < -0.39 is 26.8 Å². The fraction of sp³-hybridized carbons (Fsp3) is 0.579. The molecule has 0 bridgehead atoms. The molecule has 1 unspecified atom stereocenters. The summed E-state index contributed by atoms with van der Waals surface area (Å²) in [6.45, 7) is 11.0. The zero-order chi connectivity index (χ0) is 19.5. The summed E-state index contributed by atoms with van der Waals surface area (Å²) >= 11 is 0. The molecule has 1 aromatic rings. The maximum atomic E-state index is 12.7. The van der Waals surface area contributed by atoms with E-state index in [4.69, 9.17) is 5.26 Å². The topological polar surface area (TPSA) is 87.0 Å². The molecule has 0 aliphatic heterocycles. The van der Waals surface area contributed by atoms with Gasteiger partial charge in [-0.2, -0.15) is 5.26 Å². The van der Waals surface area contributed by atoms with Crippen LogP contribution in [-0.4, -0.2) is 31.5 Å². The molecule has 1 N–H and O–H groups in total. The van der Waals surface area contributed by atoms with Gasteiger partial charge >= 0.3 is 0 Å². The number of benzene rings is 1. The Morgan fingerprint density at radius 3 is 2.20 bits per heavy atom. The van der Waals surface area contributed by atoms with E-state index in [1.165, 1.54) is 0 Å². The summed E-state index contributed by atoms with van der Waals surface area (Å²) < 4.78 is 25.4. The molecule has 1 aromatic carbocycles. The van der Waals surface area contributed by atoms with Crippen LogP contribution in [0.1, 0.15) is 52.7 Å². The second kappa shape index (κ2) is 7.67. The van der Waals surface area contributed by atoms with Crippen molar-refractivity contribution in [2.75, 3.05) is 5.75 Å². The van der Waals surface area contributed by atoms with Crippen molar-refractivity contribution in [3.05, 3.63) is 35.4 Å². The molecule has 25 heavy (non-hydrogen) atoms. The Balaban J connectivity index is 3.09. The number of carbonyl (C=O) groups is 1. The van der Waals surface area contributed by atoms with Gasteiger partial charge in [-0.3, -0.25) is 4.79 Å². The van der Waals surface area contributed by atoms with Crippen molar-refractivity contribution >= 4 is 15.6 Å². The molecule has 0 spiro atoms. The Morgan fingerprint density at radius 1 is 1.16 bits per heavy atom. The Bertz CT molecular complexity index is 763. The number of nitrogens with zero attached hydrogens (tertiary/aromatic N) is 1. The molecule has 0 heterocycles. The van der Waals surface area contributed by atoms with Crippen LogP contribution in [0.3, 0.4) is 0 Å². The lowest BCUT2D eigenvalue weighted by Gasteiger charge is -2.31. The molecule has 6 heteroatoms. The molecule has 0 fully saturated rings. The molecule has 1 atom stereocenters. The van der Waals surface area contributed by atoms with Gasteiger partial charge in [0.2, 0.25) is 0 Å². The zero-order valence-electron chi connectivity index (χ0n) is 15.9. The van der Waals surface area contributed by atoms with Gasteiger partial charge in [0, 0.05) is 11.0 Å². The van der Waals surface area contributed by atoms with E-state index in [1.807, 2.05) is 26.8 Å². The summed E-state index contributed by atoms with van der Waals surface area (Å²) in [5.41, 5.74) is -0.245. The molecule has 0 saturated carbocycles. The van der Waals surface area contributed by atoms with E-state index in [1.54, 1.807) is 45.0 Å². The van der Waals surface area contributed by atoms with E-state index in [2.05, 4.69) is 5.32 Å². The van der Waals surface area contributed by atoms with Crippen LogP contribution in [0, 0.1) is 16.7 Å². The smallest absolute Gasteiger partial charge is 0.156 e. The number of sulfone groups is 1. The first-order chi connectivity index (χ1) is 11.2. The predicted molar refractivity (Wildman–Crippen MR) is 99.8 cm³/mol. The van der Waals surface area contributed by atoms with Crippen LogP contribution in [0.5, 0.6) is 0 Å². The number of Topliss-reactive ketones (excluding diaryl/α,β-unsaturated/α-hetero) is 1. The summed E-state index contributed by atoms with van der Waals surface area (Å²) in [6.07, 6.45) is 0. The van der Waals surface area contributed by atoms with Crippen molar-refractivity contribution in [3.63, 3.8) is 0 Å². The number of nitrogens with one attached hydrogen (secondary N) is 1. The van der Waals surface area contributed by atoms with Gasteiger partial charge in [-0.15, -0.1) is 0 Å². The second-order valence-electron chi connectivity index (χ2n) is 8.38. The molecule has 0 aliphatic rings. The van der Waals surface area contributed by atoms with Gasteiger partial charge in [0.05, 0.1) is 29.2 Å². The van der Waals surface area contributed by atoms with Gasteiger partial charge in [-0.1, -0.05) is 39.0 Å². The van der Waals surface area contributed by atoms with Gasteiger partial charge in [0.15, 0.2) is 15.6 Å². The first-order valence-corrected chi connectivity index (χ1v) is 10.1. The Hall–Kier alpha value is -1.71. The largest absolute Gasteiger partial charge is 0.302 e. The molecule has 0 radical (unpaired) electrons. The molecular weight excluding hydrogens is 336 g/mol. The lowest BCUT2D eigenvalue weighted by atomic mass is 9.86. The number of ketones is 1. The van der Waals surface area contributed by atoms with Crippen LogP contribution < -0.4 is 5.32 Å². The summed E-state index contributed by atoms with van der Waals surface area (Å²) in [6, 6.07) is 7.84. The van der Waals surface area contributed by atoms with Crippen molar-refractivity contribution < 1.29 is 13.2 Å². The third-order valence-corrected chi connectivity index (χ3v) is 5.19. The van der Waals surface area contributed by atoms with Gasteiger partial charge in [0.25, 0.3) is 0 Å². The highest BCUT2D eigenvalue weighted by molar-refractivity contribution is 7.90. The van der Waals surface area contributed by atoms with Crippen molar-refractivity contribution in [2.24, 2.45) is 5.41 Å². The summed E-state index contributed by atoms with van der Waals surface area (Å²) in [5.74, 6) is -0.684. The first-order valence-electron chi connectivity index (χ1n) is 8.25. The predicted octanol–water partition coefficient (Wildman–Crippen LogP) is 2.84. The third-order valence-electron chi connectivity index (χ3n) is 3.60. The van der Waals surface area contributed by atoms with Gasteiger partial charge in [0.1, 0.15) is 0 Å². The van der Waals surface area contributed by atoms with Crippen LogP contribution in [-0.2, 0) is 20.4 Å². The Labute approximate surface area is 151 Å². The number of hydrogen-bond acceptors (Lipinski definition) is 5. The molecule has 0 aromatic heterocycles. The number of nitriles is 1. The van der Waals surface area contributed by atoms with E-state index >= 15 is 0 Å². The lowest BCUT2D eigenvalue weighted by Crippen LogP contribution is -2.53. The zero-order valence-corrected chi connectivity index (χ0v) is 16.7. The van der Waals surface area contributed by atoms with Gasteiger partial charge in [-0.25, -0.2) is 8.42 Å². The normalized spacial score (nSPS) is 14.0. The van der Waals surface area contributed by atoms with Crippen LogP contribution in [0.25, 0.3) is 0 Å². The fourth-order valence-electron chi connectivity index (χ4n) is 2.53. The SMILES string of the molecule is CC(C)(C)NC(CS(=O)(=O)Cc1ccccc1C#N)C(=O)C(C)(C)C. The lowest BCUT2D eigenvalue weighted by molar-refractivity contribution is -0.128. The van der Waals surface area contributed by atoms with Crippen molar-refractivity contribution in [1.82, 2.24) is 5.32 Å². The number of hydrogen-bond donors (Lipinski definition) is 1. The average Bonchev–Trinajstić information content (AvgIpc) is 2.43. The minimum Gasteiger partial charge on any atom is -0.302 e. The van der Waals surface area contributed by atoms with E-state index in [0.717, 1.165) is 0 Å². The molecule has 5 nitrogen and oxygen atoms in total. The van der Waals surface area contributed by atoms with E-state index in [9.17, 15) is 13.2 Å². The standard InChI is InChI=1S/C19H28N2O3S/c1-18(2,3)17(22)16(21-19(4,5)6)13-25(23,24)12-15-10-8-7-9-14(15)11-20/h7-10,16,21H,12-13H2,1-6H3. The quantitative estimate of drug-likeness (QED) is 0.839. The average molecular weight is 365 g/mol. The van der Waals surface area contributed by atoms with Crippen LogP contribution in [0.15, 0.2) is 24.3 Å². The molecule has 138 valence electrons. The third kappa shape index (κ3) is 6.97. The molecule has 0 amide bonds. The van der Waals surface area contributed by atoms with Crippen molar-refractivity contribution in [2.45, 2.75) is 58.9 Å². The molecule has 0 saturated heterocycles. The fourth-order valence-corrected chi connectivity index (χ4v) is 4.12. The van der Waals surface area contributed by atoms with Gasteiger partial charge in [-0.05, 0) is 32.4 Å². The maximum Gasteiger partial charge on any atom is 0.156 e. The molecule has 0 aliphatic carbocycles. The van der Waals surface area contributed by atoms with Gasteiger partial charge < -0.3 is 5.32 Å². The molecule has 1 rings (SSSR count). The van der Waals surface area contributed by atoms with Crippen LogP contribution in [0.4, 0.5) is 0 Å². The summed E-state index contributed by atoms with van der Waals surface area (Å²) in [4.78, 5) is 12.7. The van der Waals surface area contributed by atoms with Crippen LogP contribution >= 0.6 is 0 Å². The highest BCUT2D eigenvalue weighted by atomic mass is 32.2. The minimum absolute atomic E-state index is 0.139. The first kappa shape index (κ1) is 21.3. The van der Waals surface area contributed by atoms with E-state index in [0.29, 0.717) is 11.1 Å². The minimum atomic E-state index is -3.58. The number of carbonyl (C=O) groups excluding carboxylic acids is 1. The van der Waals surface area contributed by atoms with Crippen LogP contribution in [0.2, 0.25) is 0 Å². The van der Waals surface area contributed by atoms with Crippen molar-refractivity contribution in [1.29, 1.82) is 5.26 Å². The molecular formula is C19H28N2O3S.